The molecule has 2 heterocycles. The zero-order valence-electron chi connectivity index (χ0n) is 23.6. The van der Waals surface area contributed by atoms with Crippen molar-refractivity contribution in [2.45, 2.75) is 28.5 Å². The van der Waals surface area contributed by atoms with Crippen LogP contribution in [0.25, 0.3) is 0 Å². The first-order valence-electron chi connectivity index (χ1n) is 13.5. The summed E-state index contributed by atoms with van der Waals surface area (Å²) < 4.78 is 5.87. The van der Waals surface area contributed by atoms with E-state index in [-0.39, 0.29) is 0 Å². The van der Waals surface area contributed by atoms with E-state index in [4.69, 9.17) is 39.5 Å². The first kappa shape index (κ1) is 31.2. The SMILES string of the molecule is CN(C)CC1(O)c2cc(Cl)ccc2COc2ccc(Cl)cc21.CNCC1(O)c2cc(Cl)ccc2CSc2ccccc21. The van der Waals surface area contributed by atoms with Gasteiger partial charge in [0.25, 0.3) is 0 Å². The fraction of sp³-hybridized carbons (Fsp3) is 0.273. The molecule has 0 saturated carbocycles. The molecule has 0 fully saturated rings. The quantitative estimate of drug-likeness (QED) is 0.221. The third-order valence-electron chi connectivity index (χ3n) is 7.50. The average molecular weight is 644 g/mol. The zero-order chi connectivity index (χ0) is 30.1. The van der Waals surface area contributed by atoms with Crippen LogP contribution in [0.1, 0.15) is 33.4 Å². The van der Waals surface area contributed by atoms with Gasteiger partial charge in [-0.25, -0.2) is 0 Å². The maximum atomic E-state index is 11.5. The van der Waals surface area contributed by atoms with Gasteiger partial charge in [-0.3, -0.25) is 0 Å². The first-order valence-corrected chi connectivity index (χ1v) is 15.6. The number of hydrogen-bond acceptors (Lipinski definition) is 6. The van der Waals surface area contributed by atoms with Crippen molar-refractivity contribution in [2.75, 3.05) is 34.2 Å². The number of aliphatic hydroxyl groups is 2. The summed E-state index contributed by atoms with van der Waals surface area (Å²) in [6.45, 7) is 1.24. The number of fused-ring (bicyclic) bond motifs is 4. The summed E-state index contributed by atoms with van der Waals surface area (Å²) >= 11 is 20.2. The Morgan fingerprint density at radius 2 is 1.38 bits per heavy atom. The highest BCUT2D eigenvalue weighted by atomic mass is 35.5. The van der Waals surface area contributed by atoms with Crippen LogP contribution in [0, 0.1) is 0 Å². The van der Waals surface area contributed by atoms with E-state index in [1.807, 2.05) is 74.6 Å². The number of rotatable bonds is 4. The minimum absolute atomic E-state index is 0.386. The molecule has 42 heavy (non-hydrogen) atoms. The molecule has 0 aromatic heterocycles. The molecule has 3 N–H and O–H groups in total. The lowest BCUT2D eigenvalue weighted by molar-refractivity contribution is 0.0508. The Labute approximate surface area is 266 Å². The second kappa shape index (κ2) is 12.8. The molecule has 2 aliphatic heterocycles. The van der Waals surface area contributed by atoms with Gasteiger partial charge in [-0.15, -0.1) is 11.8 Å². The molecule has 2 aliphatic rings. The summed E-state index contributed by atoms with van der Waals surface area (Å²) in [6.07, 6.45) is 0. The predicted molar refractivity (Wildman–Crippen MR) is 173 cm³/mol. The van der Waals surface area contributed by atoms with Crippen molar-refractivity contribution < 1.29 is 14.9 Å². The van der Waals surface area contributed by atoms with Gasteiger partial charge in [0.1, 0.15) is 23.6 Å². The van der Waals surface area contributed by atoms with E-state index in [1.165, 1.54) is 0 Å². The summed E-state index contributed by atoms with van der Waals surface area (Å²) in [5.74, 6) is 1.48. The molecule has 0 bridgehead atoms. The second-order valence-electron chi connectivity index (χ2n) is 10.8. The number of halogens is 3. The maximum absolute atomic E-state index is 11.5. The largest absolute Gasteiger partial charge is 0.488 e. The van der Waals surface area contributed by atoms with Crippen LogP contribution in [0.3, 0.4) is 0 Å². The van der Waals surface area contributed by atoms with Crippen molar-refractivity contribution in [3.05, 3.63) is 127 Å². The highest BCUT2D eigenvalue weighted by Gasteiger charge is 2.39. The van der Waals surface area contributed by atoms with Gasteiger partial charge in [0.15, 0.2) is 0 Å². The first-order chi connectivity index (χ1) is 20.0. The lowest BCUT2D eigenvalue weighted by Crippen LogP contribution is -2.39. The molecule has 0 spiro atoms. The molecule has 2 atom stereocenters. The van der Waals surface area contributed by atoms with Crippen LogP contribution < -0.4 is 10.1 Å². The molecule has 0 aliphatic carbocycles. The average Bonchev–Trinajstić information content (AvgIpc) is 3.14. The van der Waals surface area contributed by atoms with Gasteiger partial charge in [-0.05, 0) is 91.9 Å². The maximum Gasteiger partial charge on any atom is 0.131 e. The minimum Gasteiger partial charge on any atom is -0.488 e. The summed E-state index contributed by atoms with van der Waals surface area (Å²) in [6, 6.07) is 24.6. The third-order valence-corrected chi connectivity index (χ3v) is 9.33. The number of thioether (sulfide) groups is 1. The Kier molecular flexibility index (Phi) is 9.48. The van der Waals surface area contributed by atoms with Gasteiger partial charge in [0.2, 0.25) is 0 Å². The monoisotopic (exact) mass is 642 g/mol. The molecule has 0 radical (unpaired) electrons. The number of benzene rings is 4. The molecular formula is C33H33Cl3N2O3S. The predicted octanol–water partition coefficient (Wildman–Crippen LogP) is 7.08. The Bertz CT molecular complexity index is 1550. The molecule has 0 amide bonds. The van der Waals surface area contributed by atoms with Gasteiger partial charge < -0.3 is 25.2 Å². The second-order valence-corrected chi connectivity index (χ2v) is 13.1. The molecule has 4 aromatic carbocycles. The Balaban J connectivity index is 0.000000169. The number of hydrogen-bond donors (Lipinski definition) is 3. The van der Waals surface area contributed by atoms with E-state index in [9.17, 15) is 10.2 Å². The van der Waals surface area contributed by atoms with E-state index >= 15 is 0 Å². The molecular weight excluding hydrogens is 611 g/mol. The fourth-order valence-corrected chi connectivity index (χ4v) is 7.33. The molecule has 9 heteroatoms. The van der Waals surface area contributed by atoms with Gasteiger partial charge in [0, 0.05) is 49.9 Å². The van der Waals surface area contributed by atoms with Gasteiger partial charge in [-0.2, -0.15) is 0 Å². The molecule has 2 unspecified atom stereocenters. The summed E-state index contributed by atoms with van der Waals surface area (Å²) in [5, 5.41) is 27.8. The van der Waals surface area contributed by atoms with E-state index in [0.717, 1.165) is 38.5 Å². The lowest BCUT2D eigenvalue weighted by Gasteiger charge is -2.32. The van der Waals surface area contributed by atoms with Crippen LogP contribution in [0.5, 0.6) is 5.75 Å². The van der Waals surface area contributed by atoms with Gasteiger partial charge in [0.05, 0.1) is 0 Å². The highest BCUT2D eigenvalue weighted by Crippen LogP contribution is 2.44. The zero-order valence-corrected chi connectivity index (χ0v) is 26.7. The Morgan fingerprint density at radius 3 is 2.05 bits per heavy atom. The van der Waals surface area contributed by atoms with Gasteiger partial charge in [-0.1, -0.05) is 65.1 Å². The molecule has 5 nitrogen and oxygen atoms in total. The normalized spacial score (nSPS) is 20.5. The highest BCUT2D eigenvalue weighted by molar-refractivity contribution is 7.98. The molecule has 220 valence electrons. The molecule has 0 saturated heterocycles. The van der Waals surface area contributed by atoms with Crippen LogP contribution in [0.4, 0.5) is 0 Å². The van der Waals surface area contributed by atoms with E-state index in [1.54, 1.807) is 36.0 Å². The van der Waals surface area contributed by atoms with Crippen molar-refractivity contribution in [3.63, 3.8) is 0 Å². The number of nitrogens with one attached hydrogen (secondary N) is 1. The number of ether oxygens (including phenoxy) is 1. The van der Waals surface area contributed by atoms with Crippen molar-refractivity contribution in [2.24, 2.45) is 0 Å². The summed E-state index contributed by atoms with van der Waals surface area (Å²) in [4.78, 5) is 3.05. The Hall–Kier alpha value is -2.26. The lowest BCUT2D eigenvalue weighted by atomic mass is 9.83. The smallest absolute Gasteiger partial charge is 0.131 e. The molecule has 4 aromatic rings. The summed E-state index contributed by atoms with van der Waals surface area (Å²) in [5.41, 5.74) is 3.03. The molecule has 6 rings (SSSR count). The van der Waals surface area contributed by atoms with E-state index < -0.39 is 11.2 Å². The Morgan fingerprint density at radius 1 is 0.786 bits per heavy atom. The van der Waals surface area contributed by atoms with E-state index in [2.05, 4.69) is 11.4 Å². The van der Waals surface area contributed by atoms with Crippen molar-refractivity contribution in [1.82, 2.24) is 10.2 Å². The van der Waals surface area contributed by atoms with Crippen LogP contribution in [0.2, 0.25) is 15.1 Å². The van der Waals surface area contributed by atoms with Crippen molar-refractivity contribution in [1.29, 1.82) is 0 Å². The standard InChI is InChI=1S/C17H17Cl2NO2.C16H16ClNOS/c1-20(2)10-17(21)14-7-12(18)4-3-11(14)9-22-16-6-5-13(19)8-15(16)17;1-18-10-16(19)13-4-2-3-5-15(13)20-9-11-6-7-12(17)8-14(11)16/h3-8,21H,9-10H2,1-2H3;2-8,18-19H,9-10H2,1H3. The van der Waals surface area contributed by atoms with Gasteiger partial charge >= 0.3 is 0 Å². The minimum atomic E-state index is -1.24. The van der Waals surface area contributed by atoms with Crippen molar-refractivity contribution in [3.8, 4) is 5.75 Å². The van der Waals surface area contributed by atoms with Crippen LogP contribution in [0.15, 0.2) is 83.8 Å². The van der Waals surface area contributed by atoms with E-state index in [0.29, 0.717) is 46.1 Å². The topological polar surface area (TPSA) is 65.0 Å². The number of nitrogens with zero attached hydrogens (tertiary/aromatic N) is 1. The number of likely N-dealkylation sites (N-methyl/N-ethyl adjacent to an activating group) is 2. The fourth-order valence-electron chi connectivity index (χ4n) is 5.68. The van der Waals surface area contributed by atoms with Crippen LogP contribution in [-0.4, -0.2) is 49.3 Å². The van der Waals surface area contributed by atoms with Crippen LogP contribution in [-0.2, 0) is 23.6 Å². The van der Waals surface area contributed by atoms with Crippen molar-refractivity contribution >= 4 is 46.6 Å². The summed E-state index contributed by atoms with van der Waals surface area (Å²) in [7, 11) is 5.68. The van der Waals surface area contributed by atoms with Crippen LogP contribution >= 0.6 is 46.6 Å². The third kappa shape index (κ3) is 6.19.